The molecule has 0 aliphatic carbocycles. The minimum Gasteiger partial charge on any atom is -0.480 e. The van der Waals surface area contributed by atoms with Crippen molar-refractivity contribution >= 4 is 29.5 Å². The van der Waals surface area contributed by atoms with E-state index < -0.39 is 23.9 Å². The Labute approximate surface area is 180 Å². The maximum Gasteiger partial charge on any atom is 0.343 e. The largest absolute Gasteiger partial charge is 0.480 e. The number of ether oxygens (including phenoxy) is 1. The third-order valence-corrected chi connectivity index (χ3v) is 4.66. The lowest BCUT2D eigenvalue weighted by atomic mass is 9.99. The molecule has 0 saturated carbocycles. The molecule has 9 heteroatoms. The van der Waals surface area contributed by atoms with Crippen LogP contribution >= 0.6 is 0 Å². The van der Waals surface area contributed by atoms with Gasteiger partial charge in [-0.1, -0.05) is 32.4 Å². The maximum absolute atomic E-state index is 12.3. The number of carbonyl (C=O) groups excluding carboxylic acids is 2. The summed E-state index contributed by atoms with van der Waals surface area (Å²) in [6, 6.07) is 11.7. The second-order valence-corrected chi connectivity index (χ2v) is 7.06. The van der Waals surface area contributed by atoms with Gasteiger partial charge >= 0.3 is 11.9 Å². The Morgan fingerprint density at radius 1 is 1.06 bits per heavy atom. The molecule has 0 spiro atoms. The van der Waals surface area contributed by atoms with E-state index in [9.17, 15) is 19.5 Å². The van der Waals surface area contributed by atoms with Crippen LogP contribution in [0, 0.1) is 5.92 Å². The van der Waals surface area contributed by atoms with E-state index in [-0.39, 0.29) is 18.3 Å². The summed E-state index contributed by atoms with van der Waals surface area (Å²) in [5.41, 5.74) is 12.1. The van der Waals surface area contributed by atoms with Crippen LogP contribution in [0.3, 0.4) is 0 Å². The molecule has 1 amide bonds. The molecule has 2 rings (SSSR count). The standard InChI is InChI=1S/C22H26N4O5/c1-3-13(2)19(20(28)29)26-18(27)12-14-4-10-17(11-5-14)31-21(30)15-6-8-16(9-7-15)25-22(23)24/h4-11,13,19H,3,12H2,1-2H3,(H,26,27)(H,28,29)(H4,23,24,25)/t13-,19-/m0/s1. The number of guanidine groups is 1. The van der Waals surface area contributed by atoms with Crippen molar-refractivity contribution in [2.75, 3.05) is 0 Å². The highest BCUT2D eigenvalue weighted by Crippen LogP contribution is 2.17. The molecular weight excluding hydrogens is 400 g/mol. The minimum absolute atomic E-state index is 0.0146. The van der Waals surface area contributed by atoms with Gasteiger partial charge in [-0.05, 0) is 47.9 Å². The number of hydrogen-bond donors (Lipinski definition) is 4. The molecule has 0 heterocycles. The van der Waals surface area contributed by atoms with Crippen molar-refractivity contribution in [1.29, 1.82) is 0 Å². The predicted octanol–water partition coefficient (Wildman–Crippen LogP) is 1.97. The van der Waals surface area contributed by atoms with Gasteiger partial charge in [-0.3, -0.25) is 4.79 Å². The molecule has 0 unspecified atom stereocenters. The number of rotatable bonds is 9. The average Bonchev–Trinajstić information content (AvgIpc) is 2.72. The molecule has 0 fully saturated rings. The SMILES string of the molecule is CC[C@H](C)[C@H](NC(=O)Cc1ccc(OC(=O)c2ccc(N=C(N)N)cc2)cc1)C(=O)O. The van der Waals surface area contributed by atoms with Gasteiger partial charge in [0.05, 0.1) is 17.7 Å². The number of nitrogens with one attached hydrogen (secondary N) is 1. The summed E-state index contributed by atoms with van der Waals surface area (Å²) in [6.45, 7) is 3.64. The summed E-state index contributed by atoms with van der Waals surface area (Å²) in [5.74, 6) is -1.96. The molecule has 2 aromatic carbocycles. The van der Waals surface area contributed by atoms with E-state index in [0.717, 1.165) is 0 Å². The summed E-state index contributed by atoms with van der Waals surface area (Å²) in [6.07, 6.45) is 0.648. The number of aliphatic imine (C=N–C) groups is 1. The fourth-order valence-corrected chi connectivity index (χ4v) is 2.76. The first kappa shape index (κ1) is 23.4. The van der Waals surface area contributed by atoms with E-state index in [1.54, 1.807) is 55.5 Å². The lowest BCUT2D eigenvalue weighted by Crippen LogP contribution is -2.45. The van der Waals surface area contributed by atoms with Gasteiger partial charge in [0.15, 0.2) is 5.96 Å². The highest BCUT2D eigenvalue weighted by molar-refractivity contribution is 5.91. The fraction of sp³-hybridized carbons (Fsp3) is 0.273. The highest BCUT2D eigenvalue weighted by Gasteiger charge is 2.25. The number of carboxylic acid groups (broad SMARTS) is 1. The molecule has 2 atom stereocenters. The fourth-order valence-electron chi connectivity index (χ4n) is 2.76. The molecule has 0 aliphatic heterocycles. The highest BCUT2D eigenvalue weighted by atomic mass is 16.5. The van der Waals surface area contributed by atoms with E-state index in [4.69, 9.17) is 16.2 Å². The summed E-state index contributed by atoms with van der Waals surface area (Å²) in [7, 11) is 0. The van der Waals surface area contributed by atoms with E-state index in [2.05, 4.69) is 10.3 Å². The molecular formula is C22H26N4O5. The number of esters is 1. The molecule has 0 aromatic heterocycles. The van der Waals surface area contributed by atoms with Crippen LogP contribution in [-0.4, -0.2) is 35.0 Å². The van der Waals surface area contributed by atoms with Gasteiger partial charge in [0.25, 0.3) is 0 Å². The number of carboxylic acids is 1. The van der Waals surface area contributed by atoms with Gasteiger partial charge in [0.1, 0.15) is 11.8 Å². The Hall–Kier alpha value is -3.88. The van der Waals surface area contributed by atoms with Crippen LogP contribution in [0.15, 0.2) is 53.5 Å². The van der Waals surface area contributed by atoms with Crippen molar-refractivity contribution in [3.63, 3.8) is 0 Å². The topological polar surface area (TPSA) is 157 Å². The van der Waals surface area contributed by atoms with E-state index in [1.165, 1.54) is 0 Å². The number of carbonyl (C=O) groups is 3. The smallest absolute Gasteiger partial charge is 0.343 e. The third-order valence-electron chi connectivity index (χ3n) is 4.66. The van der Waals surface area contributed by atoms with Crippen molar-refractivity contribution in [3.8, 4) is 5.75 Å². The Morgan fingerprint density at radius 2 is 1.68 bits per heavy atom. The van der Waals surface area contributed by atoms with Crippen molar-refractivity contribution in [1.82, 2.24) is 5.32 Å². The van der Waals surface area contributed by atoms with Gasteiger partial charge in [-0.2, -0.15) is 0 Å². The summed E-state index contributed by atoms with van der Waals surface area (Å²) in [4.78, 5) is 39.7. The van der Waals surface area contributed by atoms with Crippen LogP contribution in [0.4, 0.5) is 5.69 Å². The number of amides is 1. The first-order valence-corrected chi connectivity index (χ1v) is 9.72. The second-order valence-electron chi connectivity index (χ2n) is 7.06. The molecule has 164 valence electrons. The molecule has 0 aliphatic rings. The summed E-state index contributed by atoms with van der Waals surface area (Å²) >= 11 is 0. The van der Waals surface area contributed by atoms with Crippen LogP contribution in [0.2, 0.25) is 0 Å². The van der Waals surface area contributed by atoms with Gasteiger partial charge in [0, 0.05) is 0 Å². The van der Waals surface area contributed by atoms with Crippen molar-refractivity contribution in [2.24, 2.45) is 22.4 Å². The Kier molecular flexibility index (Phi) is 8.13. The first-order chi connectivity index (χ1) is 14.7. The zero-order valence-electron chi connectivity index (χ0n) is 17.4. The van der Waals surface area contributed by atoms with Gasteiger partial charge in [-0.25, -0.2) is 14.6 Å². The molecule has 6 N–H and O–H groups in total. The lowest BCUT2D eigenvalue weighted by molar-refractivity contribution is -0.143. The molecule has 0 bridgehead atoms. The van der Waals surface area contributed by atoms with Crippen LogP contribution in [-0.2, 0) is 16.0 Å². The van der Waals surface area contributed by atoms with Crippen LogP contribution in [0.1, 0.15) is 36.2 Å². The summed E-state index contributed by atoms with van der Waals surface area (Å²) < 4.78 is 5.32. The van der Waals surface area contributed by atoms with Crippen LogP contribution in [0.5, 0.6) is 5.75 Å². The minimum atomic E-state index is -1.06. The first-order valence-electron chi connectivity index (χ1n) is 9.72. The van der Waals surface area contributed by atoms with E-state index >= 15 is 0 Å². The number of nitrogens with zero attached hydrogens (tertiary/aromatic N) is 1. The van der Waals surface area contributed by atoms with Crippen molar-refractivity contribution in [3.05, 3.63) is 59.7 Å². The van der Waals surface area contributed by atoms with E-state index in [1.807, 2.05) is 6.92 Å². The summed E-state index contributed by atoms with van der Waals surface area (Å²) in [5, 5.41) is 11.8. The van der Waals surface area contributed by atoms with Crippen molar-refractivity contribution < 1.29 is 24.2 Å². The van der Waals surface area contributed by atoms with Gasteiger partial charge < -0.3 is 26.6 Å². The van der Waals surface area contributed by atoms with Crippen molar-refractivity contribution in [2.45, 2.75) is 32.7 Å². The quantitative estimate of drug-likeness (QED) is 0.207. The molecule has 2 aromatic rings. The van der Waals surface area contributed by atoms with E-state index in [0.29, 0.717) is 29.0 Å². The molecule has 9 nitrogen and oxygen atoms in total. The molecule has 0 radical (unpaired) electrons. The Balaban J connectivity index is 1.95. The number of hydrogen-bond acceptors (Lipinski definition) is 5. The maximum atomic E-state index is 12.3. The second kappa shape index (κ2) is 10.8. The van der Waals surface area contributed by atoms with Gasteiger partial charge in [-0.15, -0.1) is 0 Å². The monoisotopic (exact) mass is 426 g/mol. The van der Waals surface area contributed by atoms with Crippen LogP contribution < -0.4 is 21.5 Å². The number of aliphatic carboxylic acids is 1. The number of benzene rings is 2. The Morgan fingerprint density at radius 3 is 2.19 bits per heavy atom. The Bertz CT molecular complexity index is 951. The molecule has 31 heavy (non-hydrogen) atoms. The van der Waals surface area contributed by atoms with Crippen LogP contribution in [0.25, 0.3) is 0 Å². The molecule has 0 saturated heterocycles. The lowest BCUT2D eigenvalue weighted by Gasteiger charge is -2.20. The average molecular weight is 426 g/mol. The zero-order valence-corrected chi connectivity index (χ0v) is 17.4. The zero-order chi connectivity index (χ0) is 23.0. The normalized spacial score (nSPS) is 12.3. The van der Waals surface area contributed by atoms with Gasteiger partial charge in [0.2, 0.25) is 5.91 Å². The third kappa shape index (κ3) is 7.14. The predicted molar refractivity (Wildman–Crippen MR) is 116 cm³/mol. The number of nitrogens with two attached hydrogens (primary N) is 2.